The van der Waals surface area contributed by atoms with Crippen molar-refractivity contribution in [1.82, 2.24) is 5.32 Å². The molecule has 0 aliphatic heterocycles. The summed E-state index contributed by atoms with van der Waals surface area (Å²) in [5, 5.41) is 11.3. The predicted octanol–water partition coefficient (Wildman–Crippen LogP) is 0.0478. The molecule has 0 aliphatic rings. The van der Waals surface area contributed by atoms with E-state index in [1.165, 1.54) is 11.8 Å². The fourth-order valence-electron chi connectivity index (χ4n) is 0.804. The highest BCUT2D eigenvalue weighted by atomic mass is 32.2. The molecule has 0 spiro atoms. The summed E-state index contributed by atoms with van der Waals surface area (Å²) in [5.41, 5.74) is 5.40. The zero-order valence-corrected chi connectivity index (χ0v) is 9.68. The van der Waals surface area contributed by atoms with Crippen LogP contribution in [0.15, 0.2) is 0 Å². The Morgan fingerprint density at radius 3 is 2.73 bits per heavy atom. The lowest BCUT2D eigenvalue weighted by Gasteiger charge is -2.08. The molecule has 1 amide bonds. The fraction of sp³-hybridized carbons (Fsp3) is 0.778. The molecule has 0 bridgehead atoms. The smallest absolute Gasteiger partial charge is 0.303 e. The zero-order valence-electron chi connectivity index (χ0n) is 8.86. The van der Waals surface area contributed by atoms with Gasteiger partial charge in [-0.15, -0.1) is 11.8 Å². The summed E-state index contributed by atoms with van der Waals surface area (Å²) in [6, 6.07) is 0. The van der Waals surface area contributed by atoms with Gasteiger partial charge in [0.1, 0.15) is 0 Å². The number of carboxylic acid groups (broad SMARTS) is 1. The number of aliphatic carboxylic acids is 1. The predicted molar refractivity (Wildman–Crippen MR) is 60.9 cm³/mol. The highest BCUT2D eigenvalue weighted by Gasteiger charge is 2.05. The minimum Gasteiger partial charge on any atom is -0.481 e. The van der Waals surface area contributed by atoms with Gasteiger partial charge in [0, 0.05) is 24.8 Å². The second-order valence-electron chi connectivity index (χ2n) is 3.20. The van der Waals surface area contributed by atoms with Crippen LogP contribution in [0, 0.1) is 0 Å². The summed E-state index contributed by atoms with van der Waals surface area (Å²) >= 11 is 1.50. The Balaban J connectivity index is 3.37. The van der Waals surface area contributed by atoms with Crippen molar-refractivity contribution in [1.29, 1.82) is 0 Å². The topological polar surface area (TPSA) is 92.4 Å². The van der Waals surface area contributed by atoms with Crippen LogP contribution >= 0.6 is 11.8 Å². The molecule has 6 heteroatoms. The van der Waals surface area contributed by atoms with E-state index in [1.54, 1.807) is 0 Å². The van der Waals surface area contributed by atoms with Crippen LogP contribution in [0.25, 0.3) is 0 Å². The molecule has 0 fully saturated rings. The molecule has 0 rings (SSSR count). The van der Waals surface area contributed by atoms with Crippen molar-refractivity contribution in [2.24, 2.45) is 5.73 Å². The molecule has 0 aromatic carbocycles. The molecule has 15 heavy (non-hydrogen) atoms. The average molecular weight is 234 g/mol. The third-order valence-electron chi connectivity index (χ3n) is 1.72. The maximum Gasteiger partial charge on any atom is 0.303 e. The summed E-state index contributed by atoms with van der Waals surface area (Å²) in [6.45, 7) is 2.93. The Morgan fingerprint density at radius 2 is 2.20 bits per heavy atom. The highest BCUT2D eigenvalue weighted by molar-refractivity contribution is 8.00. The van der Waals surface area contributed by atoms with Crippen molar-refractivity contribution in [3.8, 4) is 0 Å². The lowest BCUT2D eigenvalue weighted by atomic mass is 10.3. The number of carbonyl (C=O) groups is 2. The number of nitrogens with one attached hydrogen (secondary N) is 1. The molecule has 0 aliphatic carbocycles. The fourth-order valence-corrected chi connectivity index (χ4v) is 1.48. The maximum absolute atomic E-state index is 11.2. The van der Waals surface area contributed by atoms with Crippen molar-refractivity contribution in [2.45, 2.75) is 25.0 Å². The Morgan fingerprint density at radius 1 is 1.53 bits per heavy atom. The van der Waals surface area contributed by atoms with Gasteiger partial charge in [-0.25, -0.2) is 0 Å². The molecule has 1 unspecified atom stereocenters. The number of hydrogen-bond donors (Lipinski definition) is 3. The molecule has 0 aromatic rings. The second kappa shape index (κ2) is 8.55. The summed E-state index contributed by atoms with van der Waals surface area (Å²) < 4.78 is 0. The summed E-state index contributed by atoms with van der Waals surface area (Å²) in [7, 11) is 0. The highest BCUT2D eigenvalue weighted by Crippen LogP contribution is 2.07. The molecular weight excluding hydrogens is 216 g/mol. The van der Waals surface area contributed by atoms with Gasteiger partial charge in [-0.2, -0.15) is 0 Å². The first-order valence-electron chi connectivity index (χ1n) is 4.86. The first-order valence-corrected chi connectivity index (χ1v) is 5.91. The Kier molecular flexibility index (Phi) is 8.12. The van der Waals surface area contributed by atoms with Crippen LogP contribution in [0.5, 0.6) is 0 Å². The lowest BCUT2D eigenvalue weighted by molar-refractivity contribution is -0.137. The molecule has 4 N–H and O–H groups in total. The zero-order chi connectivity index (χ0) is 11.7. The van der Waals surface area contributed by atoms with E-state index in [2.05, 4.69) is 5.32 Å². The minimum absolute atomic E-state index is 0.0642. The number of rotatable bonds is 8. The van der Waals surface area contributed by atoms with Gasteiger partial charge in [0.25, 0.3) is 0 Å². The van der Waals surface area contributed by atoms with Crippen molar-refractivity contribution in [3.63, 3.8) is 0 Å². The van der Waals surface area contributed by atoms with Gasteiger partial charge in [0.2, 0.25) is 5.91 Å². The quantitative estimate of drug-likeness (QED) is 0.516. The van der Waals surface area contributed by atoms with E-state index in [1.807, 2.05) is 6.92 Å². The SMILES string of the molecule is CC(CN)SCC(=O)NCCCC(=O)O. The van der Waals surface area contributed by atoms with Crippen LogP contribution < -0.4 is 11.1 Å². The van der Waals surface area contributed by atoms with Crippen molar-refractivity contribution in [2.75, 3.05) is 18.8 Å². The van der Waals surface area contributed by atoms with E-state index in [4.69, 9.17) is 10.8 Å². The van der Waals surface area contributed by atoms with Gasteiger partial charge < -0.3 is 16.2 Å². The van der Waals surface area contributed by atoms with Crippen LogP contribution in [-0.4, -0.2) is 41.1 Å². The molecule has 1 atom stereocenters. The second-order valence-corrected chi connectivity index (χ2v) is 4.63. The van der Waals surface area contributed by atoms with Gasteiger partial charge in [0.05, 0.1) is 5.75 Å². The van der Waals surface area contributed by atoms with Gasteiger partial charge in [0.15, 0.2) is 0 Å². The van der Waals surface area contributed by atoms with E-state index in [0.717, 1.165) is 0 Å². The van der Waals surface area contributed by atoms with E-state index in [0.29, 0.717) is 25.3 Å². The largest absolute Gasteiger partial charge is 0.481 e. The molecule has 0 aromatic heterocycles. The lowest BCUT2D eigenvalue weighted by Crippen LogP contribution is -2.28. The molecule has 0 heterocycles. The molecule has 0 radical (unpaired) electrons. The van der Waals surface area contributed by atoms with Gasteiger partial charge in [-0.3, -0.25) is 9.59 Å². The third-order valence-corrected chi connectivity index (χ3v) is 2.91. The van der Waals surface area contributed by atoms with Crippen LogP contribution in [0.2, 0.25) is 0 Å². The molecule has 0 saturated heterocycles. The van der Waals surface area contributed by atoms with Crippen LogP contribution in [0.3, 0.4) is 0 Å². The van der Waals surface area contributed by atoms with E-state index >= 15 is 0 Å². The Bertz CT molecular complexity index is 212. The monoisotopic (exact) mass is 234 g/mol. The minimum atomic E-state index is -0.838. The summed E-state index contributed by atoms with van der Waals surface area (Å²) in [4.78, 5) is 21.4. The van der Waals surface area contributed by atoms with E-state index in [-0.39, 0.29) is 17.6 Å². The molecule has 0 saturated carbocycles. The Hall–Kier alpha value is -0.750. The summed E-state index contributed by atoms with van der Waals surface area (Å²) in [6.07, 6.45) is 0.560. The molecular formula is C9H18N2O3S. The van der Waals surface area contributed by atoms with Crippen LogP contribution in [0.1, 0.15) is 19.8 Å². The first-order chi connectivity index (χ1) is 7.06. The van der Waals surface area contributed by atoms with E-state index < -0.39 is 5.97 Å². The van der Waals surface area contributed by atoms with Crippen molar-refractivity contribution < 1.29 is 14.7 Å². The number of amides is 1. The van der Waals surface area contributed by atoms with Gasteiger partial charge in [-0.1, -0.05) is 6.92 Å². The van der Waals surface area contributed by atoms with Crippen LogP contribution in [-0.2, 0) is 9.59 Å². The molecule has 88 valence electrons. The normalized spacial score (nSPS) is 12.1. The molecule has 5 nitrogen and oxygen atoms in total. The number of carbonyl (C=O) groups excluding carboxylic acids is 1. The first kappa shape index (κ1) is 14.2. The van der Waals surface area contributed by atoms with Gasteiger partial charge >= 0.3 is 5.97 Å². The van der Waals surface area contributed by atoms with Crippen LogP contribution in [0.4, 0.5) is 0 Å². The summed E-state index contributed by atoms with van der Waals surface area (Å²) in [5.74, 6) is -0.521. The Labute approximate surface area is 93.8 Å². The number of carboxylic acids is 1. The number of thioether (sulfide) groups is 1. The van der Waals surface area contributed by atoms with Crippen molar-refractivity contribution >= 4 is 23.6 Å². The standard InChI is InChI=1S/C9H18N2O3S/c1-7(5-10)15-6-8(12)11-4-2-3-9(13)14/h7H,2-6,10H2,1H3,(H,11,12)(H,13,14). The number of nitrogens with two attached hydrogens (primary N) is 1. The average Bonchev–Trinajstić information content (AvgIpc) is 2.20. The third kappa shape index (κ3) is 9.55. The van der Waals surface area contributed by atoms with E-state index in [9.17, 15) is 9.59 Å². The van der Waals surface area contributed by atoms with Crippen molar-refractivity contribution in [3.05, 3.63) is 0 Å². The number of hydrogen-bond acceptors (Lipinski definition) is 4. The van der Waals surface area contributed by atoms with Gasteiger partial charge in [-0.05, 0) is 6.42 Å². The maximum atomic E-state index is 11.2.